The fraction of sp³-hybridized carbons (Fsp3) is 0.576. The summed E-state index contributed by atoms with van der Waals surface area (Å²) >= 11 is 6.39. The van der Waals surface area contributed by atoms with Crippen LogP contribution in [0.5, 0.6) is 11.5 Å². The second-order valence-corrected chi connectivity index (χ2v) is 11.0. The van der Waals surface area contributed by atoms with E-state index in [9.17, 15) is 4.79 Å². The number of hydrogen-bond acceptors (Lipinski definition) is 3. The second-order valence-electron chi connectivity index (χ2n) is 10.6. The summed E-state index contributed by atoms with van der Waals surface area (Å²) in [7, 11) is 0. The first-order chi connectivity index (χ1) is 18.2. The molecule has 1 saturated carbocycles. The largest absolute Gasteiger partial charge is 0.492 e. The van der Waals surface area contributed by atoms with Crippen molar-refractivity contribution in [1.82, 2.24) is 0 Å². The summed E-state index contributed by atoms with van der Waals surface area (Å²) in [6, 6.07) is 13.0. The molecule has 0 bridgehead atoms. The van der Waals surface area contributed by atoms with Gasteiger partial charge in [-0.15, -0.1) is 0 Å². The number of hydrogen-bond donors (Lipinski definition) is 0. The highest BCUT2D eigenvalue weighted by Gasteiger charge is 2.14. The van der Waals surface area contributed by atoms with Gasteiger partial charge in [-0.2, -0.15) is 0 Å². The topological polar surface area (TPSA) is 35.5 Å². The van der Waals surface area contributed by atoms with Crippen LogP contribution in [0, 0.1) is 12.3 Å². The van der Waals surface area contributed by atoms with Crippen molar-refractivity contribution in [3.63, 3.8) is 0 Å². The van der Waals surface area contributed by atoms with Gasteiger partial charge >= 0.3 is 5.97 Å². The van der Waals surface area contributed by atoms with E-state index in [1.165, 1.54) is 95.5 Å². The Morgan fingerprint density at radius 3 is 2.16 bits per heavy atom. The lowest BCUT2D eigenvalue weighted by molar-refractivity contribution is 0.0734. The Labute approximate surface area is 230 Å². The third-order valence-corrected chi connectivity index (χ3v) is 7.75. The van der Waals surface area contributed by atoms with Crippen LogP contribution in [0.2, 0.25) is 5.02 Å². The molecule has 0 heterocycles. The molecule has 3 nitrogen and oxygen atoms in total. The number of unbranched alkanes of at least 4 members (excludes halogenated alkanes) is 9. The zero-order chi connectivity index (χ0) is 26.1. The third kappa shape index (κ3) is 11.5. The average Bonchev–Trinajstić information content (AvgIpc) is 2.92. The van der Waals surface area contributed by atoms with Crippen molar-refractivity contribution >= 4 is 17.6 Å². The van der Waals surface area contributed by atoms with E-state index < -0.39 is 5.97 Å². The molecular formula is C33H46ClO3. The van der Waals surface area contributed by atoms with Gasteiger partial charge in [0.15, 0.2) is 0 Å². The van der Waals surface area contributed by atoms with Crippen LogP contribution in [-0.2, 0) is 6.42 Å². The molecule has 0 spiro atoms. The minimum absolute atomic E-state index is 0.408. The molecule has 0 aromatic heterocycles. The van der Waals surface area contributed by atoms with Crippen molar-refractivity contribution in [2.24, 2.45) is 5.92 Å². The molecular weight excluding hydrogens is 480 g/mol. The van der Waals surface area contributed by atoms with Gasteiger partial charge in [0, 0.05) is 0 Å². The highest BCUT2D eigenvalue weighted by atomic mass is 35.5. The minimum atomic E-state index is -0.408. The Balaban J connectivity index is 1.32. The summed E-state index contributed by atoms with van der Waals surface area (Å²) in [5, 5.41) is 0.442. The lowest BCUT2D eigenvalue weighted by Gasteiger charge is -2.21. The van der Waals surface area contributed by atoms with Gasteiger partial charge in [0.05, 0.1) is 17.2 Å². The van der Waals surface area contributed by atoms with Crippen molar-refractivity contribution in [2.45, 2.75) is 110 Å². The van der Waals surface area contributed by atoms with Gasteiger partial charge in [0.25, 0.3) is 0 Å². The number of rotatable bonds is 17. The van der Waals surface area contributed by atoms with E-state index in [2.05, 4.69) is 25.5 Å². The predicted octanol–water partition coefficient (Wildman–Crippen LogP) is 10.2. The number of aryl methyl sites for hydroxylation is 1. The third-order valence-electron chi connectivity index (χ3n) is 7.46. The van der Waals surface area contributed by atoms with Crippen molar-refractivity contribution in [3.8, 4) is 11.5 Å². The van der Waals surface area contributed by atoms with Crippen molar-refractivity contribution in [3.05, 3.63) is 65.0 Å². The summed E-state index contributed by atoms with van der Waals surface area (Å²) in [4.78, 5) is 12.6. The van der Waals surface area contributed by atoms with Crippen LogP contribution in [0.4, 0.5) is 0 Å². The molecule has 1 aliphatic rings. The van der Waals surface area contributed by atoms with E-state index in [0.29, 0.717) is 28.7 Å². The monoisotopic (exact) mass is 525 g/mol. The van der Waals surface area contributed by atoms with Gasteiger partial charge < -0.3 is 9.47 Å². The molecule has 1 aliphatic carbocycles. The van der Waals surface area contributed by atoms with Crippen molar-refractivity contribution < 1.29 is 14.3 Å². The van der Waals surface area contributed by atoms with E-state index in [0.717, 1.165) is 18.8 Å². The van der Waals surface area contributed by atoms with Crippen LogP contribution < -0.4 is 9.47 Å². The van der Waals surface area contributed by atoms with Crippen molar-refractivity contribution in [2.75, 3.05) is 6.61 Å². The summed E-state index contributed by atoms with van der Waals surface area (Å²) in [6.45, 7) is 2.90. The highest BCUT2D eigenvalue weighted by molar-refractivity contribution is 6.32. The quantitative estimate of drug-likeness (QED) is 0.117. The summed E-state index contributed by atoms with van der Waals surface area (Å²) in [5.74, 6) is 1.61. The number of carbonyl (C=O) groups excluding carboxylic acids is 1. The Morgan fingerprint density at radius 1 is 0.865 bits per heavy atom. The molecule has 2 aromatic rings. The van der Waals surface area contributed by atoms with Gasteiger partial charge in [0.1, 0.15) is 11.5 Å². The molecule has 0 saturated heterocycles. The van der Waals surface area contributed by atoms with Gasteiger partial charge in [-0.3, -0.25) is 0 Å². The molecule has 0 N–H and O–H groups in total. The van der Waals surface area contributed by atoms with E-state index in [-0.39, 0.29) is 0 Å². The zero-order valence-electron chi connectivity index (χ0n) is 22.8. The Kier molecular flexibility index (Phi) is 14.0. The first-order valence-corrected chi connectivity index (χ1v) is 15.1. The van der Waals surface area contributed by atoms with E-state index in [1.54, 1.807) is 18.2 Å². The van der Waals surface area contributed by atoms with Crippen LogP contribution in [-0.4, -0.2) is 12.6 Å². The maximum Gasteiger partial charge on any atom is 0.343 e. The fourth-order valence-corrected chi connectivity index (χ4v) is 5.30. The van der Waals surface area contributed by atoms with Crippen molar-refractivity contribution in [1.29, 1.82) is 0 Å². The lowest BCUT2D eigenvalue weighted by atomic mass is 9.85. The normalized spacial score (nSPS) is 14.0. The molecule has 4 heteroatoms. The Hall–Kier alpha value is -2.00. The maximum absolute atomic E-state index is 12.6. The smallest absolute Gasteiger partial charge is 0.343 e. The standard InChI is InChI=1S/C33H46ClO3/c1-2-3-4-5-6-7-8-9-10-14-25-36-32-24-21-29(26-31(32)34)33(35)37-30-22-19-28(20-23-30)18-17-27-15-12-11-13-16-27/h11,19-24,26-27H,2-10,12-18,25H2,1H3. The molecule has 1 fully saturated rings. The highest BCUT2D eigenvalue weighted by Crippen LogP contribution is 2.28. The van der Waals surface area contributed by atoms with Gasteiger partial charge in [-0.1, -0.05) is 101 Å². The predicted molar refractivity (Wildman–Crippen MR) is 155 cm³/mol. The van der Waals surface area contributed by atoms with Gasteiger partial charge in [-0.05, 0) is 80.3 Å². The SMILES string of the molecule is CCCCCCCCCCCCOc1ccc(C(=O)Oc2ccc(CCC3CC[CH]CC3)cc2)cc1Cl. The average molecular weight is 526 g/mol. The first kappa shape index (κ1) is 29.6. The van der Waals surface area contributed by atoms with E-state index in [1.807, 2.05) is 12.1 Å². The van der Waals surface area contributed by atoms with Crippen LogP contribution >= 0.6 is 11.6 Å². The van der Waals surface area contributed by atoms with Gasteiger partial charge in [0.2, 0.25) is 0 Å². The molecule has 0 atom stereocenters. The van der Waals surface area contributed by atoms with Crippen LogP contribution in [0.25, 0.3) is 0 Å². The summed E-state index contributed by atoms with van der Waals surface area (Å²) in [5.41, 5.74) is 1.72. The molecule has 1 radical (unpaired) electrons. The van der Waals surface area contributed by atoms with E-state index >= 15 is 0 Å². The van der Waals surface area contributed by atoms with Crippen LogP contribution in [0.3, 0.4) is 0 Å². The number of benzene rings is 2. The van der Waals surface area contributed by atoms with E-state index in [4.69, 9.17) is 21.1 Å². The number of halogens is 1. The Bertz CT molecular complexity index is 902. The number of esters is 1. The number of ether oxygens (including phenoxy) is 2. The van der Waals surface area contributed by atoms with Crippen LogP contribution in [0.15, 0.2) is 42.5 Å². The summed E-state index contributed by atoms with van der Waals surface area (Å²) in [6.07, 6.45) is 22.8. The molecule has 0 aliphatic heterocycles. The van der Waals surface area contributed by atoms with Gasteiger partial charge in [-0.25, -0.2) is 4.79 Å². The molecule has 2 aromatic carbocycles. The maximum atomic E-state index is 12.6. The zero-order valence-corrected chi connectivity index (χ0v) is 23.6. The minimum Gasteiger partial charge on any atom is -0.492 e. The first-order valence-electron chi connectivity index (χ1n) is 14.7. The number of carbonyl (C=O) groups is 1. The second kappa shape index (κ2) is 17.5. The molecule has 0 unspecified atom stereocenters. The molecule has 37 heavy (non-hydrogen) atoms. The molecule has 0 amide bonds. The summed E-state index contributed by atoms with van der Waals surface area (Å²) < 4.78 is 11.4. The van der Waals surface area contributed by atoms with Crippen LogP contribution in [0.1, 0.15) is 119 Å². The lowest BCUT2D eigenvalue weighted by Crippen LogP contribution is -2.09. The Morgan fingerprint density at radius 2 is 1.51 bits per heavy atom. The molecule has 203 valence electrons. The molecule has 3 rings (SSSR count). The fourth-order valence-electron chi connectivity index (χ4n) is 5.06.